The Kier molecular flexibility index (Phi) is 5.67. The lowest BCUT2D eigenvalue weighted by atomic mass is 10.1. The summed E-state index contributed by atoms with van der Waals surface area (Å²) in [6, 6.07) is 6.32. The number of thiophene rings is 1. The Labute approximate surface area is 162 Å². The van der Waals surface area contributed by atoms with Crippen molar-refractivity contribution in [1.82, 2.24) is 4.98 Å². The van der Waals surface area contributed by atoms with Gasteiger partial charge in [0.05, 0.1) is 35.3 Å². The fourth-order valence-electron chi connectivity index (χ4n) is 2.34. The molecule has 0 radical (unpaired) electrons. The number of anilines is 1. The standard InChI is InChI=1S/C17H15N3O5S2/c1-3-25-14-8-12(20(22)23)10(7-13(14)24-2)16(21)19-17-18-11(9-27-17)15-5-4-6-26-15/h4-9H,3H2,1-2H3,(H,18,19,21). The van der Waals surface area contributed by atoms with E-state index in [2.05, 4.69) is 10.3 Å². The van der Waals surface area contributed by atoms with Crippen molar-refractivity contribution in [3.8, 4) is 22.1 Å². The lowest BCUT2D eigenvalue weighted by Gasteiger charge is -2.11. The van der Waals surface area contributed by atoms with Gasteiger partial charge in [0.15, 0.2) is 16.6 Å². The molecular formula is C17H15N3O5S2. The highest BCUT2D eigenvalue weighted by atomic mass is 32.1. The van der Waals surface area contributed by atoms with E-state index < -0.39 is 10.8 Å². The van der Waals surface area contributed by atoms with E-state index in [0.717, 1.165) is 10.6 Å². The zero-order chi connectivity index (χ0) is 19.4. The zero-order valence-corrected chi connectivity index (χ0v) is 16.1. The summed E-state index contributed by atoms with van der Waals surface area (Å²) in [6.07, 6.45) is 0. The Morgan fingerprint density at radius 2 is 2.15 bits per heavy atom. The molecular weight excluding hydrogens is 390 g/mol. The summed E-state index contributed by atoms with van der Waals surface area (Å²) < 4.78 is 10.5. The summed E-state index contributed by atoms with van der Waals surface area (Å²) in [5, 5.41) is 18.1. The number of hydrogen-bond donors (Lipinski definition) is 1. The van der Waals surface area contributed by atoms with Crippen LogP contribution in [0, 0.1) is 10.1 Å². The average molecular weight is 405 g/mol. The monoisotopic (exact) mass is 405 g/mol. The van der Waals surface area contributed by atoms with Gasteiger partial charge in [-0.1, -0.05) is 6.07 Å². The summed E-state index contributed by atoms with van der Waals surface area (Å²) in [5.41, 5.74) is 0.240. The van der Waals surface area contributed by atoms with Crippen molar-refractivity contribution in [2.45, 2.75) is 6.92 Å². The second kappa shape index (κ2) is 8.14. The molecule has 140 valence electrons. The van der Waals surface area contributed by atoms with Crippen LogP contribution in [0.15, 0.2) is 35.0 Å². The van der Waals surface area contributed by atoms with E-state index in [9.17, 15) is 14.9 Å². The second-order valence-electron chi connectivity index (χ2n) is 5.18. The highest BCUT2D eigenvalue weighted by molar-refractivity contribution is 7.16. The van der Waals surface area contributed by atoms with Crippen molar-refractivity contribution in [2.75, 3.05) is 19.0 Å². The van der Waals surface area contributed by atoms with E-state index in [-0.39, 0.29) is 22.7 Å². The van der Waals surface area contributed by atoms with Crippen LogP contribution in [0.3, 0.4) is 0 Å². The minimum Gasteiger partial charge on any atom is -0.493 e. The van der Waals surface area contributed by atoms with Gasteiger partial charge < -0.3 is 9.47 Å². The molecule has 3 rings (SSSR count). The summed E-state index contributed by atoms with van der Waals surface area (Å²) in [6.45, 7) is 2.06. The quantitative estimate of drug-likeness (QED) is 0.460. The number of ether oxygens (including phenoxy) is 2. The van der Waals surface area contributed by atoms with Crippen LogP contribution in [0.25, 0.3) is 10.6 Å². The van der Waals surface area contributed by atoms with E-state index >= 15 is 0 Å². The van der Waals surface area contributed by atoms with E-state index in [0.29, 0.717) is 11.7 Å². The normalized spacial score (nSPS) is 10.4. The van der Waals surface area contributed by atoms with Crippen LogP contribution < -0.4 is 14.8 Å². The van der Waals surface area contributed by atoms with E-state index in [4.69, 9.17) is 9.47 Å². The number of nitrogens with one attached hydrogen (secondary N) is 1. The third kappa shape index (κ3) is 4.07. The molecule has 0 atom stereocenters. The molecule has 8 nitrogen and oxygen atoms in total. The largest absolute Gasteiger partial charge is 0.493 e. The van der Waals surface area contributed by atoms with Crippen molar-refractivity contribution in [3.63, 3.8) is 0 Å². The predicted molar refractivity (Wildman–Crippen MR) is 104 cm³/mol. The number of carbonyl (C=O) groups excluding carboxylic acids is 1. The third-order valence-corrected chi connectivity index (χ3v) is 5.17. The number of nitrogens with zero attached hydrogens (tertiary/aromatic N) is 2. The maximum absolute atomic E-state index is 12.6. The maximum Gasteiger partial charge on any atom is 0.286 e. The molecule has 0 fully saturated rings. The van der Waals surface area contributed by atoms with Crippen molar-refractivity contribution in [2.24, 2.45) is 0 Å². The van der Waals surface area contributed by atoms with Crippen molar-refractivity contribution in [1.29, 1.82) is 0 Å². The van der Waals surface area contributed by atoms with Gasteiger partial charge >= 0.3 is 0 Å². The molecule has 0 spiro atoms. The molecule has 27 heavy (non-hydrogen) atoms. The molecule has 1 amide bonds. The van der Waals surface area contributed by atoms with Gasteiger partial charge in [0.2, 0.25) is 0 Å². The van der Waals surface area contributed by atoms with Crippen LogP contribution >= 0.6 is 22.7 Å². The SMILES string of the molecule is CCOc1cc([N+](=O)[O-])c(C(=O)Nc2nc(-c3cccs3)cs2)cc1OC. The number of carbonyl (C=O) groups is 1. The van der Waals surface area contributed by atoms with Crippen molar-refractivity contribution >= 4 is 39.4 Å². The van der Waals surface area contributed by atoms with Crippen LogP contribution in [-0.4, -0.2) is 29.5 Å². The molecule has 0 aliphatic rings. The minimum atomic E-state index is -0.643. The van der Waals surface area contributed by atoms with Gasteiger partial charge in [-0.2, -0.15) is 0 Å². The second-order valence-corrected chi connectivity index (χ2v) is 6.99. The summed E-state index contributed by atoms with van der Waals surface area (Å²) in [5.74, 6) is -0.196. The molecule has 1 aromatic carbocycles. The maximum atomic E-state index is 12.6. The highest BCUT2D eigenvalue weighted by Gasteiger charge is 2.25. The molecule has 0 aliphatic heterocycles. The predicted octanol–water partition coefficient (Wildman–Crippen LogP) is 4.44. The first-order chi connectivity index (χ1) is 13.0. The number of amides is 1. The van der Waals surface area contributed by atoms with Gasteiger partial charge in [-0.05, 0) is 18.4 Å². The smallest absolute Gasteiger partial charge is 0.286 e. The van der Waals surface area contributed by atoms with Crippen molar-refractivity contribution in [3.05, 3.63) is 50.7 Å². The topological polar surface area (TPSA) is 104 Å². The average Bonchev–Trinajstić information content (AvgIpc) is 3.33. The van der Waals surface area contributed by atoms with Gasteiger partial charge in [0.1, 0.15) is 5.56 Å². The molecule has 0 saturated heterocycles. The Balaban J connectivity index is 1.90. The Morgan fingerprint density at radius 1 is 1.33 bits per heavy atom. The number of benzene rings is 1. The molecule has 0 aliphatic carbocycles. The highest BCUT2D eigenvalue weighted by Crippen LogP contribution is 2.35. The van der Waals surface area contributed by atoms with E-state index in [1.165, 1.54) is 41.9 Å². The number of thiazole rings is 1. The molecule has 0 saturated carbocycles. The minimum absolute atomic E-state index is 0.131. The summed E-state index contributed by atoms with van der Waals surface area (Å²) >= 11 is 2.78. The Hall–Kier alpha value is -2.98. The van der Waals surface area contributed by atoms with E-state index in [1.807, 2.05) is 22.9 Å². The molecule has 2 heterocycles. The molecule has 2 aromatic heterocycles. The third-order valence-electron chi connectivity index (χ3n) is 3.52. The molecule has 3 aromatic rings. The zero-order valence-electron chi connectivity index (χ0n) is 14.4. The van der Waals surface area contributed by atoms with Gasteiger partial charge in [0.25, 0.3) is 11.6 Å². The summed E-state index contributed by atoms with van der Waals surface area (Å²) in [7, 11) is 1.40. The number of nitro benzene ring substituents is 1. The lowest BCUT2D eigenvalue weighted by Crippen LogP contribution is -2.14. The fourth-order valence-corrected chi connectivity index (χ4v) is 3.81. The van der Waals surface area contributed by atoms with Crippen LogP contribution in [0.1, 0.15) is 17.3 Å². The molecule has 0 bridgehead atoms. The number of nitro groups is 1. The summed E-state index contributed by atoms with van der Waals surface area (Å²) in [4.78, 5) is 28.7. The van der Waals surface area contributed by atoms with E-state index in [1.54, 1.807) is 6.92 Å². The number of methoxy groups -OCH3 is 1. The number of hydrogen-bond acceptors (Lipinski definition) is 8. The molecule has 0 unspecified atom stereocenters. The number of rotatable bonds is 7. The Bertz CT molecular complexity index is 969. The van der Waals surface area contributed by atoms with Gasteiger partial charge in [-0.15, -0.1) is 22.7 Å². The van der Waals surface area contributed by atoms with Gasteiger partial charge in [-0.3, -0.25) is 20.2 Å². The van der Waals surface area contributed by atoms with Crippen LogP contribution in [0.2, 0.25) is 0 Å². The molecule has 1 N–H and O–H groups in total. The van der Waals surface area contributed by atoms with Crippen LogP contribution in [0.4, 0.5) is 10.8 Å². The fraction of sp³-hybridized carbons (Fsp3) is 0.176. The molecule has 10 heteroatoms. The first-order valence-corrected chi connectivity index (χ1v) is 9.59. The van der Waals surface area contributed by atoms with Crippen LogP contribution in [0.5, 0.6) is 11.5 Å². The van der Waals surface area contributed by atoms with Crippen LogP contribution in [-0.2, 0) is 0 Å². The van der Waals surface area contributed by atoms with Gasteiger partial charge in [0, 0.05) is 11.4 Å². The van der Waals surface area contributed by atoms with Gasteiger partial charge in [-0.25, -0.2) is 4.98 Å². The first-order valence-electron chi connectivity index (χ1n) is 7.83. The lowest BCUT2D eigenvalue weighted by molar-refractivity contribution is -0.385. The Morgan fingerprint density at radius 3 is 2.78 bits per heavy atom. The number of aromatic nitrogens is 1. The van der Waals surface area contributed by atoms with Crippen molar-refractivity contribution < 1.29 is 19.2 Å². The first kappa shape index (κ1) is 18.8.